The molecule has 6 nitrogen and oxygen atoms in total. The number of nitriles is 1. The van der Waals surface area contributed by atoms with E-state index in [2.05, 4.69) is 5.32 Å². The number of nitrogens with zero attached hydrogens (tertiary/aromatic N) is 2. The summed E-state index contributed by atoms with van der Waals surface area (Å²) in [6.45, 7) is -0.420. The fraction of sp³-hybridized carbons (Fsp3) is 0.125. The highest BCUT2D eigenvalue weighted by Crippen LogP contribution is 2.15. The van der Waals surface area contributed by atoms with Crippen molar-refractivity contribution in [1.29, 1.82) is 5.26 Å². The number of hydrogen-bond acceptors (Lipinski definition) is 4. The normalized spacial score (nSPS) is 11.1. The highest BCUT2D eigenvalue weighted by molar-refractivity contribution is 7.89. The molecule has 0 fully saturated rings. The average molecular weight is 347 g/mol. The zero-order valence-corrected chi connectivity index (χ0v) is 13.5. The van der Waals surface area contributed by atoms with Crippen LogP contribution in [-0.2, 0) is 14.8 Å². The van der Waals surface area contributed by atoms with Crippen LogP contribution in [0.4, 0.5) is 10.1 Å². The standard InChI is InChI=1S/C16H14FN3O3S/c1-20(24(22,23)14-5-3-2-4-6-14)11-16(21)19-13-7-8-15(17)12(9-13)10-18/h2-9H,11H2,1H3,(H,19,21). The maximum atomic E-state index is 13.2. The first-order valence-corrected chi connectivity index (χ1v) is 8.29. The Morgan fingerprint density at radius 3 is 2.54 bits per heavy atom. The Morgan fingerprint density at radius 1 is 1.25 bits per heavy atom. The van der Waals surface area contributed by atoms with Crippen LogP contribution in [0.1, 0.15) is 5.56 Å². The van der Waals surface area contributed by atoms with Crippen LogP contribution in [0.15, 0.2) is 53.4 Å². The molecule has 124 valence electrons. The molecule has 0 radical (unpaired) electrons. The summed E-state index contributed by atoms with van der Waals surface area (Å²) in [6, 6.07) is 12.9. The number of carbonyl (C=O) groups is 1. The van der Waals surface area contributed by atoms with Gasteiger partial charge in [0, 0.05) is 12.7 Å². The molecule has 0 bridgehead atoms. The van der Waals surface area contributed by atoms with Crippen molar-refractivity contribution in [3.8, 4) is 6.07 Å². The SMILES string of the molecule is CN(CC(=O)Nc1ccc(F)c(C#N)c1)S(=O)(=O)c1ccccc1. The molecule has 2 aromatic rings. The summed E-state index contributed by atoms with van der Waals surface area (Å²) < 4.78 is 38.8. The van der Waals surface area contributed by atoms with Crippen molar-refractivity contribution in [3.05, 3.63) is 59.9 Å². The zero-order chi connectivity index (χ0) is 17.7. The lowest BCUT2D eigenvalue weighted by atomic mass is 10.2. The van der Waals surface area contributed by atoms with Crippen LogP contribution >= 0.6 is 0 Å². The number of amides is 1. The number of rotatable bonds is 5. The lowest BCUT2D eigenvalue weighted by Gasteiger charge is -2.17. The van der Waals surface area contributed by atoms with Crippen LogP contribution in [0.25, 0.3) is 0 Å². The van der Waals surface area contributed by atoms with E-state index in [1.807, 2.05) is 0 Å². The van der Waals surface area contributed by atoms with E-state index in [0.29, 0.717) is 0 Å². The van der Waals surface area contributed by atoms with Gasteiger partial charge in [-0.2, -0.15) is 9.57 Å². The second-order valence-corrected chi connectivity index (χ2v) is 6.97. The fourth-order valence-corrected chi connectivity index (χ4v) is 3.10. The van der Waals surface area contributed by atoms with Gasteiger partial charge in [-0.1, -0.05) is 18.2 Å². The molecule has 0 unspecified atom stereocenters. The van der Waals surface area contributed by atoms with Crippen molar-refractivity contribution in [2.45, 2.75) is 4.90 Å². The number of benzene rings is 2. The summed E-state index contributed by atoms with van der Waals surface area (Å²) in [5.74, 6) is -1.30. The summed E-state index contributed by atoms with van der Waals surface area (Å²) in [7, 11) is -2.50. The minimum Gasteiger partial charge on any atom is -0.325 e. The van der Waals surface area contributed by atoms with Crippen molar-refractivity contribution in [1.82, 2.24) is 4.31 Å². The van der Waals surface area contributed by atoms with Gasteiger partial charge in [-0.05, 0) is 30.3 Å². The van der Waals surface area contributed by atoms with Crippen molar-refractivity contribution in [2.24, 2.45) is 0 Å². The third-order valence-electron chi connectivity index (χ3n) is 3.19. The summed E-state index contributed by atoms with van der Waals surface area (Å²) in [5.41, 5.74) is 0.00141. The molecule has 0 aromatic heterocycles. The van der Waals surface area contributed by atoms with Crippen molar-refractivity contribution in [2.75, 3.05) is 18.9 Å². The van der Waals surface area contributed by atoms with Gasteiger partial charge in [0.15, 0.2) is 0 Å². The molecular weight excluding hydrogens is 333 g/mol. The molecule has 0 saturated heterocycles. The van der Waals surface area contributed by atoms with E-state index in [1.54, 1.807) is 24.3 Å². The van der Waals surface area contributed by atoms with Gasteiger partial charge in [-0.15, -0.1) is 0 Å². The maximum Gasteiger partial charge on any atom is 0.243 e. The smallest absolute Gasteiger partial charge is 0.243 e. The number of anilines is 1. The molecule has 0 saturated carbocycles. The quantitative estimate of drug-likeness (QED) is 0.895. The monoisotopic (exact) mass is 347 g/mol. The van der Waals surface area contributed by atoms with E-state index in [4.69, 9.17) is 5.26 Å². The van der Waals surface area contributed by atoms with Gasteiger partial charge in [-0.25, -0.2) is 12.8 Å². The van der Waals surface area contributed by atoms with Gasteiger partial charge in [-0.3, -0.25) is 4.79 Å². The van der Waals surface area contributed by atoms with Crippen LogP contribution in [0, 0.1) is 17.1 Å². The first-order chi connectivity index (χ1) is 11.3. The molecule has 0 aliphatic heterocycles. The topological polar surface area (TPSA) is 90.3 Å². The van der Waals surface area contributed by atoms with Gasteiger partial charge in [0.2, 0.25) is 15.9 Å². The average Bonchev–Trinajstić information content (AvgIpc) is 2.57. The minimum absolute atomic E-state index is 0.0776. The van der Waals surface area contributed by atoms with Gasteiger partial charge in [0.1, 0.15) is 11.9 Å². The molecule has 2 aromatic carbocycles. The fourth-order valence-electron chi connectivity index (χ4n) is 1.95. The van der Waals surface area contributed by atoms with Crippen LogP contribution < -0.4 is 5.32 Å². The van der Waals surface area contributed by atoms with Gasteiger partial charge >= 0.3 is 0 Å². The number of nitrogens with one attached hydrogen (secondary N) is 1. The minimum atomic E-state index is -3.79. The lowest BCUT2D eigenvalue weighted by molar-refractivity contribution is -0.116. The molecule has 8 heteroatoms. The van der Waals surface area contributed by atoms with E-state index in [0.717, 1.165) is 10.4 Å². The molecular formula is C16H14FN3O3S. The van der Waals surface area contributed by atoms with Crippen LogP contribution in [0.2, 0.25) is 0 Å². The summed E-state index contributed by atoms with van der Waals surface area (Å²) in [5, 5.41) is 11.2. The number of hydrogen-bond donors (Lipinski definition) is 1. The van der Waals surface area contributed by atoms with Crippen molar-refractivity contribution in [3.63, 3.8) is 0 Å². The highest BCUT2D eigenvalue weighted by atomic mass is 32.2. The van der Waals surface area contributed by atoms with E-state index < -0.39 is 28.3 Å². The van der Waals surface area contributed by atoms with Gasteiger partial charge in [0.05, 0.1) is 17.0 Å². The first-order valence-electron chi connectivity index (χ1n) is 6.85. The Labute approximate surface area is 139 Å². The Hall–Kier alpha value is -2.76. The molecule has 0 aliphatic carbocycles. The van der Waals surface area contributed by atoms with Crippen LogP contribution in [0.3, 0.4) is 0 Å². The van der Waals surface area contributed by atoms with E-state index in [-0.39, 0.29) is 16.1 Å². The Morgan fingerprint density at radius 2 is 1.92 bits per heavy atom. The molecule has 0 aliphatic rings. The molecule has 24 heavy (non-hydrogen) atoms. The molecule has 1 amide bonds. The number of carbonyl (C=O) groups excluding carboxylic acids is 1. The molecule has 2 rings (SSSR count). The summed E-state index contributed by atoms with van der Waals surface area (Å²) >= 11 is 0. The molecule has 0 heterocycles. The second kappa shape index (κ2) is 7.21. The molecule has 1 N–H and O–H groups in total. The van der Waals surface area contributed by atoms with Crippen molar-refractivity contribution < 1.29 is 17.6 Å². The molecule has 0 spiro atoms. The van der Waals surface area contributed by atoms with Crippen LogP contribution in [0.5, 0.6) is 0 Å². The Bertz CT molecular complexity index is 893. The number of halogens is 1. The van der Waals surface area contributed by atoms with Crippen molar-refractivity contribution >= 4 is 21.6 Å². The van der Waals surface area contributed by atoms with Gasteiger partial charge in [0.25, 0.3) is 0 Å². The van der Waals surface area contributed by atoms with E-state index >= 15 is 0 Å². The largest absolute Gasteiger partial charge is 0.325 e. The van der Waals surface area contributed by atoms with E-state index in [1.165, 1.54) is 31.3 Å². The third kappa shape index (κ3) is 3.95. The van der Waals surface area contributed by atoms with Gasteiger partial charge < -0.3 is 5.32 Å². The lowest BCUT2D eigenvalue weighted by Crippen LogP contribution is -2.34. The number of sulfonamides is 1. The predicted octanol–water partition coefficient (Wildman–Crippen LogP) is 1.96. The summed E-state index contributed by atoms with van der Waals surface area (Å²) in [4.78, 5) is 12.1. The van der Waals surface area contributed by atoms with Crippen LogP contribution in [-0.4, -0.2) is 32.2 Å². The zero-order valence-electron chi connectivity index (χ0n) is 12.7. The Kier molecular flexibility index (Phi) is 5.28. The second-order valence-electron chi connectivity index (χ2n) is 4.93. The highest BCUT2D eigenvalue weighted by Gasteiger charge is 2.22. The van der Waals surface area contributed by atoms with E-state index in [9.17, 15) is 17.6 Å². The predicted molar refractivity (Wildman–Crippen MR) is 86.0 cm³/mol. The summed E-state index contributed by atoms with van der Waals surface area (Å²) in [6.07, 6.45) is 0. The maximum absolute atomic E-state index is 13.2. The first kappa shape index (κ1) is 17.6. The third-order valence-corrected chi connectivity index (χ3v) is 5.01. The number of likely N-dealkylation sites (N-methyl/N-ethyl adjacent to an activating group) is 1. The Balaban J connectivity index is 2.08. The molecule has 0 atom stereocenters.